The third kappa shape index (κ3) is 5.62. The summed E-state index contributed by atoms with van der Waals surface area (Å²) in [5, 5.41) is 8.59. The molecule has 1 rings (SSSR count). The molecule has 0 heterocycles. The van der Waals surface area contributed by atoms with Crippen molar-refractivity contribution in [2.75, 3.05) is 5.75 Å². The Morgan fingerprint density at radius 1 is 1.42 bits per heavy atom. The molecular formula is C12H14FNO4S. The average molecular weight is 287 g/mol. The van der Waals surface area contributed by atoms with Crippen LogP contribution in [0.15, 0.2) is 30.3 Å². The molecule has 1 atom stereocenters. The second-order valence-corrected chi connectivity index (χ2v) is 5.71. The standard InChI is InChI=1S/C12H14FNO4S/c1-9(12(15)16)14-19(17,18)8-2-3-10-4-6-11(13)7-5-10/h2-7,9,14H,8H2,1H3,(H,15,16). The number of aliphatic carboxylic acids is 1. The molecule has 0 saturated heterocycles. The van der Waals surface area contributed by atoms with Crippen molar-refractivity contribution < 1.29 is 22.7 Å². The molecule has 0 amide bonds. The number of nitrogens with one attached hydrogen (secondary N) is 1. The minimum atomic E-state index is -3.70. The van der Waals surface area contributed by atoms with Crippen LogP contribution in [0.25, 0.3) is 6.08 Å². The number of hydrogen-bond acceptors (Lipinski definition) is 3. The molecule has 5 nitrogen and oxygen atoms in total. The molecule has 0 spiro atoms. The van der Waals surface area contributed by atoms with Crippen LogP contribution in [-0.2, 0) is 14.8 Å². The van der Waals surface area contributed by atoms with Crippen molar-refractivity contribution in [1.82, 2.24) is 4.72 Å². The molecule has 1 aromatic carbocycles. The zero-order valence-electron chi connectivity index (χ0n) is 10.2. The average Bonchev–Trinajstić information content (AvgIpc) is 2.30. The van der Waals surface area contributed by atoms with E-state index in [0.29, 0.717) is 5.56 Å². The summed E-state index contributed by atoms with van der Waals surface area (Å²) in [6, 6.07) is 4.36. The van der Waals surface area contributed by atoms with Gasteiger partial charge >= 0.3 is 5.97 Å². The predicted octanol–water partition coefficient (Wildman–Crippen LogP) is 1.23. The summed E-state index contributed by atoms with van der Waals surface area (Å²) >= 11 is 0. The largest absolute Gasteiger partial charge is 0.480 e. The molecule has 2 N–H and O–H groups in total. The summed E-state index contributed by atoms with van der Waals surface area (Å²) in [7, 11) is -3.70. The minimum absolute atomic E-state index is 0.345. The highest BCUT2D eigenvalue weighted by Crippen LogP contribution is 2.05. The van der Waals surface area contributed by atoms with Crippen molar-refractivity contribution in [3.63, 3.8) is 0 Å². The molecular weight excluding hydrogens is 273 g/mol. The Labute approximate surface area is 110 Å². The molecule has 0 radical (unpaired) electrons. The van der Waals surface area contributed by atoms with E-state index in [1.807, 2.05) is 4.72 Å². The summed E-state index contributed by atoms with van der Waals surface area (Å²) < 4.78 is 37.7. The summed E-state index contributed by atoms with van der Waals surface area (Å²) in [5.74, 6) is -1.96. The number of carbonyl (C=O) groups is 1. The van der Waals surface area contributed by atoms with Gasteiger partial charge in [-0.15, -0.1) is 0 Å². The number of carboxylic acids is 1. The molecule has 0 aliphatic carbocycles. The van der Waals surface area contributed by atoms with Gasteiger partial charge in [0, 0.05) is 0 Å². The van der Waals surface area contributed by atoms with E-state index in [2.05, 4.69) is 0 Å². The van der Waals surface area contributed by atoms with Gasteiger partial charge in [0.05, 0.1) is 5.75 Å². The van der Waals surface area contributed by atoms with Crippen molar-refractivity contribution in [3.8, 4) is 0 Å². The molecule has 0 bridgehead atoms. The van der Waals surface area contributed by atoms with Crippen LogP contribution in [0.2, 0.25) is 0 Å². The Balaban J connectivity index is 2.60. The second kappa shape index (κ2) is 6.44. The highest BCUT2D eigenvalue weighted by atomic mass is 32.2. The highest BCUT2D eigenvalue weighted by Gasteiger charge is 2.17. The van der Waals surface area contributed by atoms with Crippen LogP contribution in [0, 0.1) is 5.82 Å². The van der Waals surface area contributed by atoms with Gasteiger partial charge in [-0.05, 0) is 24.6 Å². The SMILES string of the molecule is CC(NS(=O)(=O)CC=Cc1ccc(F)cc1)C(=O)O. The van der Waals surface area contributed by atoms with Gasteiger partial charge in [-0.3, -0.25) is 4.79 Å². The van der Waals surface area contributed by atoms with Crippen molar-refractivity contribution in [3.05, 3.63) is 41.7 Å². The molecule has 0 aliphatic heterocycles. The fourth-order valence-corrected chi connectivity index (χ4v) is 2.34. The fourth-order valence-electron chi connectivity index (χ4n) is 1.25. The Morgan fingerprint density at radius 2 is 2.00 bits per heavy atom. The molecule has 0 aliphatic rings. The van der Waals surface area contributed by atoms with E-state index in [-0.39, 0.29) is 11.6 Å². The fraction of sp³-hybridized carbons (Fsp3) is 0.250. The van der Waals surface area contributed by atoms with E-state index in [9.17, 15) is 17.6 Å². The van der Waals surface area contributed by atoms with E-state index in [0.717, 1.165) is 0 Å². The highest BCUT2D eigenvalue weighted by molar-refractivity contribution is 7.89. The van der Waals surface area contributed by atoms with Gasteiger partial charge in [0.25, 0.3) is 0 Å². The van der Waals surface area contributed by atoms with Gasteiger partial charge in [-0.25, -0.2) is 17.5 Å². The van der Waals surface area contributed by atoms with Gasteiger partial charge in [0.1, 0.15) is 11.9 Å². The van der Waals surface area contributed by atoms with Crippen LogP contribution in [-0.4, -0.2) is 31.3 Å². The van der Waals surface area contributed by atoms with Crippen molar-refractivity contribution in [2.24, 2.45) is 0 Å². The van der Waals surface area contributed by atoms with Gasteiger partial charge in [-0.1, -0.05) is 24.3 Å². The maximum Gasteiger partial charge on any atom is 0.321 e. The minimum Gasteiger partial charge on any atom is -0.480 e. The first-order chi connectivity index (χ1) is 8.80. The number of benzene rings is 1. The Hall–Kier alpha value is -1.73. The Kier molecular flexibility index (Phi) is 5.20. The van der Waals surface area contributed by atoms with E-state index >= 15 is 0 Å². The van der Waals surface area contributed by atoms with Crippen LogP contribution in [0.3, 0.4) is 0 Å². The first-order valence-electron chi connectivity index (χ1n) is 5.45. The zero-order chi connectivity index (χ0) is 14.5. The van der Waals surface area contributed by atoms with Crippen molar-refractivity contribution in [2.45, 2.75) is 13.0 Å². The zero-order valence-corrected chi connectivity index (χ0v) is 11.0. The normalized spacial score (nSPS) is 13.6. The summed E-state index contributed by atoms with van der Waals surface area (Å²) in [4.78, 5) is 10.5. The van der Waals surface area contributed by atoms with Gasteiger partial charge < -0.3 is 5.11 Å². The lowest BCUT2D eigenvalue weighted by Gasteiger charge is -2.08. The molecule has 0 saturated carbocycles. The van der Waals surface area contributed by atoms with Gasteiger partial charge in [0.15, 0.2) is 0 Å². The second-order valence-electron chi connectivity index (χ2n) is 3.91. The lowest BCUT2D eigenvalue weighted by Crippen LogP contribution is -2.39. The lowest BCUT2D eigenvalue weighted by atomic mass is 10.2. The monoisotopic (exact) mass is 287 g/mol. The molecule has 104 valence electrons. The molecule has 19 heavy (non-hydrogen) atoms. The summed E-state index contributed by atoms with van der Waals surface area (Å²) in [6.07, 6.45) is 2.88. The Morgan fingerprint density at radius 3 is 2.53 bits per heavy atom. The predicted molar refractivity (Wildman–Crippen MR) is 69.5 cm³/mol. The summed E-state index contributed by atoms with van der Waals surface area (Å²) in [6.45, 7) is 1.24. The summed E-state index contributed by atoms with van der Waals surface area (Å²) in [5.41, 5.74) is 0.655. The van der Waals surface area contributed by atoms with Crippen LogP contribution in [0.4, 0.5) is 4.39 Å². The quantitative estimate of drug-likeness (QED) is 0.824. The number of carboxylic acid groups (broad SMARTS) is 1. The molecule has 1 aromatic rings. The topological polar surface area (TPSA) is 83.5 Å². The van der Waals surface area contributed by atoms with Crippen LogP contribution in [0.5, 0.6) is 0 Å². The third-order valence-electron chi connectivity index (χ3n) is 2.22. The maximum atomic E-state index is 12.6. The number of halogens is 1. The van der Waals surface area contributed by atoms with Crippen molar-refractivity contribution >= 4 is 22.1 Å². The van der Waals surface area contributed by atoms with E-state index in [1.165, 1.54) is 43.3 Å². The van der Waals surface area contributed by atoms with Crippen LogP contribution >= 0.6 is 0 Å². The van der Waals surface area contributed by atoms with Crippen molar-refractivity contribution in [1.29, 1.82) is 0 Å². The number of hydrogen-bond donors (Lipinski definition) is 2. The smallest absolute Gasteiger partial charge is 0.321 e. The molecule has 7 heteroatoms. The van der Waals surface area contributed by atoms with Crippen LogP contribution < -0.4 is 4.72 Å². The molecule has 0 fully saturated rings. The van der Waals surface area contributed by atoms with E-state index in [4.69, 9.17) is 5.11 Å². The lowest BCUT2D eigenvalue weighted by molar-refractivity contribution is -0.138. The number of sulfonamides is 1. The van der Waals surface area contributed by atoms with Gasteiger partial charge in [0.2, 0.25) is 10.0 Å². The Bertz CT molecular complexity index is 566. The third-order valence-corrected chi connectivity index (χ3v) is 3.57. The molecule has 0 aromatic heterocycles. The first-order valence-corrected chi connectivity index (χ1v) is 7.10. The maximum absolute atomic E-state index is 12.6. The van der Waals surface area contributed by atoms with E-state index < -0.39 is 22.0 Å². The van der Waals surface area contributed by atoms with E-state index in [1.54, 1.807) is 0 Å². The first kappa shape index (κ1) is 15.3. The van der Waals surface area contributed by atoms with Crippen LogP contribution in [0.1, 0.15) is 12.5 Å². The number of rotatable bonds is 6. The molecule has 1 unspecified atom stereocenters. The van der Waals surface area contributed by atoms with Gasteiger partial charge in [-0.2, -0.15) is 0 Å².